The number of nitrogen functional groups attached to an aromatic ring is 1. The number of anilines is 2. The quantitative estimate of drug-likeness (QED) is 0.480. The maximum absolute atomic E-state index is 11.8. The topological polar surface area (TPSA) is 124 Å². The average Bonchev–Trinajstić information content (AvgIpc) is 2.81. The van der Waals surface area contributed by atoms with E-state index in [2.05, 4.69) is 15.0 Å². The van der Waals surface area contributed by atoms with Crippen molar-refractivity contribution in [3.05, 3.63) is 46.2 Å². The molecule has 8 nitrogen and oxygen atoms in total. The van der Waals surface area contributed by atoms with Gasteiger partial charge in [0, 0.05) is 17.8 Å². The van der Waals surface area contributed by atoms with Crippen molar-refractivity contribution in [3.63, 3.8) is 0 Å². The van der Waals surface area contributed by atoms with Crippen LogP contribution in [0.3, 0.4) is 0 Å². The summed E-state index contributed by atoms with van der Waals surface area (Å²) in [6.07, 6.45) is 1.27. The van der Waals surface area contributed by atoms with Gasteiger partial charge in [-0.1, -0.05) is 5.16 Å². The third-order valence-electron chi connectivity index (χ3n) is 2.14. The van der Waals surface area contributed by atoms with Crippen molar-refractivity contribution < 1.29 is 14.2 Å². The zero-order chi connectivity index (χ0) is 13.1. The van der Waals surface area contributed by atoms with Gasteiger partial charge in [0.05, 0.1) is 4.92 Å². The first-order valence-electron chi connectivity index (χ1n) is 4.83. The lowest BCUT2D eigenvalue weighted by atomic mass is 10.1. The van der Waals surface area contributed by atoms with E-state index >= 15 is 0 Å². The summed E-state index contributed by atoms with van der Waals surface area (Å²) in [5.74, 6) is -0.514. The predicted octanol–water partition coefficient (Wildman–Crippen LogP) is 1.42. The molecule has 0 bridgehead atoms. The van der Waals surface area contributed by atoms with Crippen LogP contribution in [0, 0.1) is 10.1 Å². The van der Waals surface area contributed by atoms with Crippen LogP contribution in [-0.4, -0.2) is 16.0 Å². The highest BCUT2D eigenvalue weighted by molar-refractivity contribution is 6.07. The summed E-state index contributed by atoms with van der Waals surface area (Å²) in [5, 5.41) is 16.6. The van der Waals surface area contributed by atoms with Gasteiger partial charge in [-0.25, -0.2) is 0 Å². The van der Waals surface area contributed by atoms with Crippen molar-refractivity contribution in [1.82, 2.24) is 5.16 Å². The lowest BCUT2D eigenvalue weighted by Gasteiger charge is -2.03. The molecule has 3 N–H and O–H groups in total. The zero-order valence-electron chi connectivity index (χ0n) is 8.99. The van der Waals surface area contributed by atoms with Crippen LogP contribution in [0.5, 0.6) is 0 Å². The normalized spacial score (nSPS) is 10.0. The number of nitro groups is 1. The highest BCUT2D eigenvalue weighted by Crippen LogP contribution is 2.22. The Labute approximate surface area is 101 Å². The minimum absolute atomic E-state index is 0.136. The summed E-state index contributed by atoms with van der Waals surface area (Å²) in [6, 6.07) is 5.17. The van der Waals surface area contributed by atoms with Gasteiger partial charge in [-0.3, -0.25) is 14.9 Å². The number of nitrogens with zero attached hydrogens (tertiary/aromatic N) is 2. The largest absolute Gasteiger partial charge is 0.399 e. The predicted molar refractivity (Wildman–Crippen MR) is 62.0 cm³/mol. The summed E-state index contributed by atoms with van der Waals surface area (Å²) in [5.41, 5.74) is 5.29. The van der Waals surface area contributed by atoms with Gasteiger partial charge in [-0.15, -0.1) is 0 Å². The number of carbonyl (C=O) groups is 1. The Bertz CT molecular complexity index is 594. The van der Waals surface area contributed by atoms with E-state index in [0.29, 0.717) is 0 Å². The Morgan fingerprint density at radius 1 is 1.44 bits per heavy atom. The van der Waals surface area contributed by atoms with Crippen molar-refractivity contribution >= 4 is 23.1 Å². The summed E-state index contributed by atoms with van der Waals surface area (Å²) >= 11 is 0. The first-order valence-corrected chi connectivity index (χ1v) is 4.83. The Morgan fingerprint density at radius 2 is 2.22 bits per heavy atom. The monoisotopic (exact) mass is 248 g/mol. The van der Waals surface area contributed by atoms with Crippen molar-refractivity contribution in [3.8, 4) is 0 Å². The molecule has 18 heavy (non-hydrogen) atoms. The van der Waals surface area contributed by atoms with Crippen LogP contribution in [0.4, 0.5) is 17.2 Å². The number of rotatable bonds is 3. The van der Waals surface area contributed by atoms with Crippen molar-refractivity contribution in [2.45, 2.75) is 0 Å². The van der Waals surface area contributed by atoms with Gasteiger partial charge in [0.15, 0.2) is 5.82 Å². The van der Waals surface area contributed by atoms with E-state index in [1.54, 1.807) is 0 Å². The highest BCUT2D eigenvalue weighted by Gasteiger charge is 2.20. The van der Waals surface area contributed by atoms with Gasteiger partial charge in [-0.05, 0) is 12.1 Å². The summed E-state index contributed by atoms with van der Waals surface area (Å²) < 4.78 is 4.53. The number of carbonyl (C=O) groups excluding carboxylic acids is 1. The molecule has 0 spiro atoms. The average molecular weight is 248 g/mol. The lowest BCUT2D eigenvalue weighted by Crippen LogP contribution is -2.14. The maximum Gasteiger partial charge on any atom is 0.282 e. The van der Waals surface area contributed by atoms with Gasteiger partial charge in [0.25, 0.3) is 11.6 Å². The molecular formula is C10H8N4O4. The molecule has 0 aliphatic rings. The van der Waals surface area contributed by atoms with Crippen LogP contribution < -0.4 is 11.1 Å². The van der Waals surface area contributed by atoms with Crippen LogP contribution in [0.25, 0.3) is 0 Å². The van der Waals surface area contributed by atoms with Gasteiger partial charge in [-0.2, -0.15) is 0 Å². The van der Waals surface area contributed by atoms with E-state index in [9.17, 15) is 14.9 Å². The number of nitro benzene ring substituents is 1. The van der Waals surface area contributed by atoms with E-state index in [0.717, 1.165) is 0 Å². The van der Waals surface area contributed by atoms with E-state index in [4.69, 9.17) is 5.73 Å². The molecular weight excluding hydrogens is 240 g/mol. The van der Waals surface area contributed by atoms with Crippen LogP contribution in [0.15, 0.2) is 35.1 Å². The zero-order valence-corrected chi connectivity index (χ0v) is 8.99. The van der Waals surface area contributed by atoms with Gasteiger partial charge < -0.3 is 15.6 Å². The number of nitrogens with one attached hydrogen (secondary N) is 1. The summed E-state index contributed by atoms with van der Waals surface area (Å²) in [7, 11) is 0. The minimum atomic E-state index is -0.678. The van der Waals surface area contributed by atoms with E-state index in [1.165, 1.54) is 30.5 Å². The molecule has 0 saturated heterocycles. The number of nitrogens with two attached hydrogens (primary N) is 1. The Kier molecular flexibility index (Phi) is 2.92. The third-order valence-corrected chi connectivity index (χ3v) is 2.14. The summed E-state index contributed by atoms with van der Waals surface area (Å²) in [4.78, 5) is 22.0. The second-order valence-electron chi connectivity index (χ2n) is 3.37. The molecule has 0 saturated carbocycles. The summed E-state index contributed by atoms with van der Waals surface area (Å²) in [6.45, 7) is 0. The number of benzene rings is 1. The third kappa shape index (κ3) is 2.26. The number of amides is 1. The van der Waals surface area contributed by atoms with Crippen LogP contribution in [0.2, 0.25) is 0 Å². The highest BCUT2D eigenvalue weighted by atomic mass is 16.6. The smallest absolute Gasteiger partial charge is 0.282 e. The molecule has 2 aromatic rings. The first-order chi connectivity index (χ1) is 8.58. The fraction of sp³-hybridized carbons (Fsp3) is 0. The molecule has 1 aromatic heterocycles. The van der Waals surface area contributed by atoms with Gasteiger partial charge in [0.1, 0.15) is 11.8 Å². The second kappa shape index (κ2) is 4.53. The number of hydrogen-bond acceptors (Lipinski definition) is 6. The lowest BCUT2D eigenvalue weighted by molar-refractivity contribution is -0.385. The fourth-order valence-electron chi connectivity index (χ4n) is 1.36. The Balaban J connectivity index is 2.34. The minimum Gasteiger partial charge on any atom is -0.399 e. The Morgan fingerprint density at radius 3 is 2.83 bits per heavy atom. The molecule has 92 valence electrons. The molecule has 0 aliphatic heterocycles. The van der Waals surface area contributed by atoms with E-state index in [-0.39, 0.29) is 22.8 Å². The first kappa shape index (κ1) is 11.6. The van der Waals surface area contributed by atoms with Gasteiger partial charge >= 0.3 is 0 Å². The maximum atomic E-state index is 11.8. The molecule has 1 amide bonds. The molecule has 1 heterocycles. The SMILES string of the molecule is Nc1ccc([N+](=O)[O-])c(C(=O)Nc2ccon2)c1. The van der Waals surface area contributed by atoms with Crippen LogP contribution in [0.1, 0.15) is 10.4 Å². The molecule has 0 atom stereocenters. The molecule has 1 aromatic carbocycles. The Hall–Kier alpha value is -2.90. The fourth-order valence-corrected chi connectivity index (χ4v) is 1.36. The molecule has 8 heteroatoms. The molecule has 0 aliphatic carbocycles. The molecule has 2 rings (SSSR count). The van der Waals surface area contributed by atoms with Crippen molar-refractivity contribution in [2.75, 3.05) is 11.1 Å². The van der Waals surface area contributed by atoms with Crippen LogP contribution >= 0.6 is 0 Å². The number of hydrogen-bond donors (Lipinski definition) is 2. The molecule has 0 radical (unpaired) electrons. The molecule has 0 unspecified atom stereocenters. The van der Waals surface area contributed by atoms with Crippen molar-refractivity contribution in [2.24, 2.45) is 0 Å². The molecule has 0 fully saturated rings. The number of aromatic nitrogens is 1. The van der Waals surface area contributed by atoms with E-state index in [1.807, 2.05) is 0 Å². The second-order valence-corrected chi connectivity index (χ2v) is 3.37. The van der Waals surface area contributed by atoms with Gasteiger partial charge in [0.2, 0.25) is 0 Å². The van der Waals surface area contributed by atoms with E-state index < -0.39 is 10.8 Å². The van der Waals surface area contributed by atoms with Crippen molar-refractivity contribution in [1.29, 1.82) is 0 Å². The van der Waals surface area contributed by atoms with Crippen LogP contribution in [-0.2, 0) is 0 Å². The standard InChI is InChI=1S/C10H8N4O4/c11-6-1-2-8(14(16)17)7(5-6)10(15)12-9-3-4-18-13-9/h1-5H,11H2,(H,12,13,15).